The summed E-state index contributed by atoms with van der Waals surface area (Å²) >= 11 is 0. The van der Waals surface area contributed by atoms with Gasteiger partial charge in [0.1, 0.15) is 0 Å². The van der Waals surface area contributed by atoms with E-state index in [4.69, 9.17) is 5.26 Å². The summed E-state index contributed by atoms with van der Waals surface area (Å²) in [7, 11) is 0. The van der Waals surface area contributed by atoms with E-state index in [0.717, 1.165) is 32.6 Å². The number of hydrogen-bond donors (Lipinski definition) is 1. The maximum atomic E-state index is 8.89. The third-order valence-corrected chi connectivity index (χ3v) is 2.62. The van der Waals surface area contributed by atoms with Gasteiger partial charge in [0.05, 0.1) is 12.1 Å². The summed E-state index contributed by atoms with van der Waals surface area (Å²) in [5, 5.41) is 12.1. The molecule has 0 spiro atoms. The first-order valence-electron chi connectivity index (χ1n) is 6.13. The van der Waals surface area contributed by atoms with Crippen molar-refractivity contribution < 1.29 is 0 Å². The molecule has 0 heterocycles. The van der Waals surface area contributed by atoms with Crippen molar-refractivity contribution in [2.24, 2.45) is 0 Å². The van der Waals surface area contributed by atoms with E-state index in [9.17, 15) is 0 Å². The molecular formula is C12H25N3. The van der Waals surface area contributed by atoms with E-state index in [1.807, 2.05) is 6.92 Å². The Morgan fingerprint density at radius 3 is 2.47 bits per heavy atom. The lowest BCUT2D eigenvalue weighted by Gasteiger charge is -2.21. The van der Waals surface area contributed by atoms with Crippen molar-refractivity contribution in [1.29, 1.82) is 5.26 Å². The number of hydrogen-bond acceptors (Lipinski definition) is 3. The highest BCUT2D eigenvalue weighted by atomic mass is 15.1. The van der Waals surface area contributed by atoms with Gasteiger partial charge in [0.15, 0.2) is 0 Å². The molecule has 1 N–H and O–H groups in total. The van der Waals surface area contributed by atoms with Gasteiger partial charge in [-0.05, 0) is 32.5 Å². The van der Waals surface area contributed by atoms with Crippen LogP contribution in [0.4, 0.5) is 0 Å². The molecule has 0 aliphatic rings. The zero-order valence-electron chi connectivity index (χ0n) is 10.4. The van der Waals surface area contributed by atoms with E-state index in [-0.39, 0.29) is 6.04 Å². The number of nitriles is 1. The first-order chi connectivity index (χ1) is 7.28. The standard InChI is InChI=1S/C12H25N3/c1-4-7-9-15(6-3)10-8-12(11-13)14-5-2/h12,14H,4-10H2,1-3H3. The predicted molar refractivity (Wildman–Crippen MR) is 64.7 cm³/mol. The fraction of sp³-hybridized carbons (Fsp3) is 0.917. The molecular weight excluding hydrogens is 186 g/mol. The first-order valence-corrected chi connectivity index (χ1v) is 6.13. The smallest absolute Gasteiger partial charge is 0.0965 e. The molecule has 0 saturated heterocycles. The summed E-state index contributed by atoms with van der Waals surface area (Å²) in [4.78, 5) is 2.42. The Morgan fingerprint density at radius 2 is 2.00 bits per heavy atom. The van der Waals surface area contributed by atoms with Crippen molar-refractivity contribution >= 4 is 0 Å². The second-order valence-corrected chi connectivity index (χ2v) is 3.82. The molecule has 0 aromatic carbocycles. The zero-order valence-corrected chi connectivity index (χ0v) is 10.4. The summed E-state index contributed by atoms with van der Waals surface area (Å²) < 4.78 is 0. The molecule has 0 bridgehead atoms. The van der Waals surface area contributed by atoms with Gasteiger partial charge in [-0.1, -0.05) is 27.2 Å². The summed E-state index contributed by atoms with van der Waals surface area (Å²) in [6, 6.07) is 2.32. The average Bonchev–Trinajstić information content (AvgIpc) is 2.27. The Bertz CT molecular complexity index is 174. The topological polar surface area (TPSA) is 39.1 Å². The van der Waals surface area contributed by atoms with Gasteiger partial charge in [0.2, 0.25) is 0 Å². The molecule has 1 unspecified atom stereocenters. The van der Waals surface area contributed by atoms with Crippen LogP contribution in [0.2, 0.25) is 0 Å². The van der Waals surface area contributed by atoms with Gasteiger partial charge in [-0.25, -0.2) is 0 Å². The van der Waals surface area contributed by atoms with Gasteiger partial charge >= 0.3 is 0 Å². The minimum absolute atomic E-state index is 0.0191. The van der Waals surface area contributed by atoms with Crippen molar-refractivity contribution in [2.45, 2.75) is 46.1 Å². The van der Waals surface area contributed by atoms with Crippen molar-refractivity contribution in [3.8, 4) is 6.07 Å². The highest BCUT2D eigenvalue weighted by molar-refractivity contribution is 4.89. The van der Waals surface area contributed by atoms with Crippen LogP contribution in [0.5, 0.6) is 0 Å². The molecule has 1 atom stereocenters. The van der Waals surface area contributed by atoms with Crippen molar-refractivity contribution in [1.82, 2.24) is 10.2 Å². The lowest BCUT2D eigenvalue weighted by atomic mass is 10.2. The second-order valence-electron chi connectivity index (χ2n) is 3.82. The first kappa shape index (κ1) is 14.4. The van der Waals surface area contributed by atoms with Crippen molar-refractivity contribution in [3.63, 3.8) is 0 Å². The third kappa shape index (κ3) is 7.35. The Balaban J connectivity index is 3.72. The molecule has 0 aromatic rings. The summed E-state index contributed by atoms with van der Waals surface area (Å²) in [6.45, 7) is 10.6. The predicted octanol–water partition coefficient (Wildman–Crippen LogP) is 2.00. The number of unbranched alkanes of at least 4 members (excludes halogenated alkanes) is 1. The lowest BCUT2D eigenvalue weighted by Crippen LogP contribution is -2.33. The monoisotopic (exact) mass is 211 g/mol. The van der Waals surface area contributed by atoms with Crippen LogP contribution >= 0.6 is 0 Å². The normalized spacial score (nSPS) is 12.7. The molecule has 0 rings (SSSR count). The van der Waals surface area contributed by atoms with Crippen molar-refractivity contribution in [3.05, 3.63) is 0 Å². The van der Waals surface area contributed by atoms with Crippen molar-refractivity contribution in [2.75, 3.05) is 26.2 Å². The minimum atomic E-state index is 0.0191. The van der Waals surface area contributed by atoms with Crippen LogP contribution in [-0.2, 0) is 0 Å². The van der Waals surface area contributed by atoms with Gasteiger partial charge < -0.3 is 10.2 Å². The molecule has 3 nitrogen and oxygen atoms in total. The zero-order chi connectivity index (χ0) is 11.5. The van der Waals surface area contributed by atoms with E-state index in [0.29, 0.717) is 0 Å². The molecule has 15 heavy (non-hydrogen) atoms. The highest BCUT2D eigenvalue weighted by Crippen LogP contribution is 1.99. The quantitative estimate of drug-likeness (QED) is 0.634. The van der Waals surface area contributed by atoms with Gasteiger partial charge in [-0.15, -0.1) is 0 Å². The average molecular weight is 211 g/mol. The number of nitrogens with zero attached hydrogens (tertiary/aromatic N) is 2. The molecule has 0 aromatic heterocycles. The molecule has 88 valence electrons. The third-order valence-electron chi connectivity index (χ3n) is 2.62. The van der Waals surface area contributed by atoms with Crippen LogP contribution < -0.4 is 5.32 Å². The minimum Gasteiger partial charge on any atom is -0.304 e. The molecule has 0 saturated carbocycles. The Kier molecular flexibility index (Phi) is 9.55. The lowest BCUT2D eigenvalue weighted by molar-refractivity contribution is 0.272. The van der Waals surface area contributed by atoms with Gasteiger partial charge in [-0.2, -0.15) is 5.26 Å². The number of nitrogens with one attached hydrogen (secondary N) is 1. The second kappa shape index (κ2) is 9.95. The molecule has 0 fully saturated rings. The molecule has 0 aliphatic carbocycles. The van der Waals surface area contributed by atoms with E-state index in [2.05, 4.69) is 30.1 Å². The fourth-order valence-corrected chi connectivity index (χ4v) is 1.58. The van der Waals surface area contributed by atoms with Gasteiger partial charge in [0, 0.05) is 6.54 Å². The maximum absolute atomic E-state index is 8.89. The SMILES string of the molecule is CCCCN(CC)CCC(C#N)NCC. The Morgan fingerprint density at radius 1 is 1.27 bits per heavy atom. The number of rotatable bonds is 9. The van der Waals surface area contributed by atoms with E-state index < -0.39 is 0 Å². The van der Waals surface area contributed by atoms with E-state index in [1.165, 1.54) is 12.8 Å². The van der Waals surface area contributed by atoms with Crippen LogP contribution in [0.25, 0.3) is 0 Å². The van der Waals surface area contributed by atoms with E-state index >= 15 is 0 Å². The van der Waals surface area contributed by atoms with Crippen LogP contribution in [0.3, 0.4) is 0 Å². The summed E-state index contributed by atoms with van der Waals surface area (Å²) in [5.74, 6) is 0. The van der Waals surface area contributed by atoms with Crippen LogP contribution in [0.15, 0.2) is 0 Å². The largest absolute Gasteiger partial charge is 0.304 e. The molecule has 0 radical (unpaired) electrons. The molecule has 0 amide bonds. The highest BCUT2D eigenvalue weighted by Gasteiger charge is 2.08. The van der Waals surface area contributed by atoms with Gasteiger partial charge in [0.25, 0.3) is 0 Å². The fourth-order valence-electron chi connectivity index (χ4n) is 1.58. The van der Waals surface area contributed by atoms with Gasteiger partial charge in [-0.3, -0.25) is 0 Å². The van der Waals surface area contributed by atoms with E-state index in [1.54, 1.807) is 0 Å². The maximum Gasteiger partial charge on any atom is 0.0965 e. The van der Waals surface area contributed by atoms with Crippen LogP contribution in [0.1, 0.15) is 40.0 Å². The molecule has 0 aliphatic heterocycles. The summed E-state index contributed by atoms with van der Waals surface area (Å²) in [6.07, 6.45) is 3.43. The Labute approximate surface area is 94.5 Å². The van der Waals surface area contributed by atoms with Crippen LogP contribution in [0, 0.1) is 11.3 Å². The summed E-state index contributed by atoms with van der Waals surface area (Å²) in [5.41, 5.74) is 0. The van der Waals surface area contributed by atoms with Crippen LogP contribution in [-0.4, -0.2) is 37.1 Å². The Hall–Kier alpha value is -0.590. The molecule has 3 heteroatoms.